The van der Waals surface area contributed by atoms with Crippen LogP contribution in [0.3, 0.4) is 0 Å². The predicted octanol–water partition coefficient (Wildman–Crippen LogP) is 5.54. The van der Waals surface area contributed by atoms with Crippen molar-refractivity contribution in [2.75, 3.05) is 19.7 Å². The number of amides is 1. The van der Waals surface area contributed by atoms with Crippen LogP contribution in [0.5, 0.6) is 5.88 Å². The summed E-state index contributed by atoms with van der Waals surface area (Å²) in [4.78, 5) is 29.9. The number of carbonyl (C=O) groups excluding carboxylic acids is 1. The molecule has 3 aliphatic heterocycles. The summed E-state index contributed by atoms with van der Waals surface area (Å²) in [6, 6.07) is 20.2. The number of hydrogen-bond donors (Lipinski definition) is 3. The lowest BCUT2D eigenvalue weighted by molar-refractivity contribution is -0.0591. The third-order valence-corrected chi connectivity index (χ3v) is 11.6. The predicted molar refractivity (Wildman–Crippen MR) is 200 cm³/mol. The lowest BCUT2D eigenvalue weighted by Gasteiger charge is -2.32. The Labute approximate surface area is 308 Å². The Morgan fingerprint density at radius 2 is 1.96 bits per heavy atom. The second-order valence-corrected chi connectivity index (χ2v) is 14.9. The van der Waals surface area contributed by atoms with Crippen molar-refractivity contribution in [1.29, 1.82) is 0 Å². The zero-order valence-corrected chi connectivity index (χ0v) is 29.9. The van der Waals surface area contributed by atoms with Crippen molar-refractivity contribution in [3.05, 3.63) is 101 Å². The highest BCUT2D eigenvalue weighted by molar-refractivity contribution is 5.97. The van der Waals surface area contributed by atoms with Crippen LogP contribution < -0.4 is 20.9 Å². The second kappa shape index (κ2) is 14.6. The van der Waals surface area contributed by atoms with Gasteiger partial charge in [0, 0.05) is 60.4 Å². The molecule has 4 unspecified atom stereocenters. The van der Waals surface area contributed by atoms with E-state index in [2.05, 4.69) is 43.6 Å². The van der Waals surface area contributed by atoms with E-state index in [1.54, 1.807) is 0 Å². The normalized spacial score (nSPS) is 24.5. The number of carbonyl (C=O) groups is 1. The van der Waals surface area contributed by atoms with Crippen LogP contribution in [-0.4, -0.2) is 74.3 Å². The summed E-state index contributed by atoms with van der Waals surface area (Å²) in [5, 5.41) is 4.06. The SMILES string of the molecule is CC1NNC2CCC(NC(=O)c3ccc4c(c3)nc(CN3CC=C(c5cccc(OCc6c(F)cnc7ccccc67)n5)CC3)n4C[C@@H]3CCO3)CC12. The number of halogens is 1. The largest absolute Gasteiger partial charge is 0.473 e. The summed E-state index contributed by atoms with van der Waals surface area (Å²) >= 11 is 0. The molecular formula is C41H45FN8O3. The summed E-state index contributed by atoms with van der Waals surface area (Å²) in [6.07, 6.45) is 8.51. The van der Waals surface area contributed by atoms with Gasteiger partial charge < -0.3 is 19.4 Å². The maximum Gasteiger partial charge on any atom is 0.251 e. The minimum atomic E-state index is -0.392. The number of nitrogens with zero attached hydrogens (tertiary/aromatic N) is 5. The summed E-state index contributed by atoms with van der Waals surface area (Å²) in [5.74, 6) is 1.53. The van der Waals surface area contributed by atoms with E-state index in [1.165, 1.54) is 6.20 Å². The molecule has 9 rings (SSSR count). The first kappa shape index (κ1) is 34.0. The molecule has 2 saturated heterocycles. The molecule has 1 saturated carbocycles. The van der Waals surface area contributed by atoms with E-state index in [-0.39, 0.29) is 24.7 Å². The molecule has 3 aromatic heterocycles. The topological polar surface area (TPSA) is 118 Å². The van der Waals surface area contributed by atoms with Crippen LogP contribution in [0.4, 0.5) is 4.39 Å². The molecule has 4 aliphatic rings. The number of para-hydroxylation sites is 1. The van der Waals surface area contributed by atoms with Crippen LogP contribution in [0, 0.1) is 11.7 Å². The molecule has 1 amide bonds. The highest BCUT2D eigenvalue weighted by Crippen LogP contribution is 2.31. The fourth-order valence-electron chi connectivity index (χ4n) is 8.39. The van der Waals surface area contributed by atoms with E-state index in [1.807, 2.05) is 60.7 Å². The quantitative estimate of drug-likeness (QED) is 0.171. The Balaban J connectivity index is 0.874. The Kier molecular flexibility index (Phi) is 9.37. The number of hydrogen-bond acceptors (Lipinski definition) is 9. The van der Waals surface area contributed by atoms with Crippen molar-refractivity contribution >= 4 is 33.4 Å². The van der Waals surface area contributed by atoms with Gasteiger partial charge in [0.15, 0.2) is 0 Å². The zero-order chi connectivity index (χ0) is 35.9. The van der Waals surface area contributed by atoms with Crippen molar-refractivity contribution < 1.29 is 18.7 Å². The number of imidazole rings is 1. The average molecular weight is 717 g/mol. The molecule has 5 atom stereocenters. The molecule has 53 heavy (non-hydrogen) atoms. The molecule has 3 N–H and O–H groups in total. The van der Waals surface area contributed by atoms with Crippen molar-refractivity contribution in [1.82, 2.24) is 40.6 Å². The van der Waals surface area contributed by atoms with E-state index >= 15 is 0 Å². The number of benzene rings is 2. The van der Waals surface area contributed by atoms with Crippen molar-refractivity contribution in [3.8, 4) is 5.88 Å². The first-order valence-electron chi connectivity index (χ1n) is 18.9. The first-order chi connectivity index (χ1) is 25.9. The molecule has 1 aliphatic carbocycles. The zero-order valence-electron chi connectivity index (χ0n) is 29.9. The standard InChI is InChI=1S/C41H45FN8O3/c1-25-31-20-28(10-11-36(31)48-47-25)44-41(51)27-9-12-38-37(19-27)45-39(50(38)22-29-15-18-52-29)23-49-16-13-26(14-17-49)34-7-4-8-40(46-34)53-24-32-30-5-2-3-6-35(30)43-21-33(32)42/h2-9,12-13,19,21,25,28-29,31,36,47-48H,10-11,14-18,20,22-24H2,1H3,(H,44,51)/t25?,28?,29-,31?,36?/m0/s1. The van der Waals surface area contributed by atoms with Crippen LogP contribution >= 0.6 is 0 Å². The third kappa shape index (κ3) is 7.04. The van der Waals surface area contributed by atoms with E-state index < -0.39 is 5.82 Å². The number of ether oxygens (including phenoxy) is 2. The Morgan fingerprint density at radius 3 is 2.81 bits per heavy atom. The fraction of sp³-hybridized carbons (Fsp3) is 0.415. The Hall–Kier alpha value is -4.75. The van der Waals surface area contributed by atoms with Crippen LogP contribution in [0.25, 0.3) is 27.5 Å². The molecule has 3 fully saturated rings. The molecule has 12 heteroatoms. The Bertz CT molecular complexity index is 2180. The second-order valence-electron chi connectivity index (χ2n) is 14.9. The molecule has 274 valence electrons. The lowest BCUT2D eigenvalue weighted by atomic mass is 9.79. The van der Waals surface area contributed by atoms with E-state index in [0.29, 0.717) is 41.6 Å². The highest BCUT2D eigenvalue weighted by atomic mass is 19.1. The van der Waals surface area contributed by atoms with Gasteiger partial charge >= 0.3 is 0 Å². The third-order valence-electron chi connectivity index (χ3n) is 11.6. The number of hydrazine groups is 1. The van der Waals surface area contributed by atoms with Crippen molar-refractivity contribution in [2.24, 2.45) is 5.92 Å². The molecule has 11 nitrogen and oxygen atoms in total. The van der Waals surface area contributed by atoms with Crippen molar-refractivity contribution in [2.45, 2.75) is 83.0 Å². The highest BCUT2D eigenvalue weighted by Gasteiger charge is 2.38. The number of fused-ring (bicyclic) bond motifs is 3. The van der Waals surface area contributed by atoms with Gasteiger partial charge in [-0.25, -0.2) is 14.4 Å². The molecular weight excluding hydrogens is 672 g/mol. The van der Waals surface area contributed by atoms with E-state index in [0.717, 1.165) is 97.4 Å². The van der Waals surface area contributed by atoms with Crippen LogP contribution in [0.15, 0.2) is 72.9 Å². The number of pyridine rings is 2. The Morgan fingerprint density at radius 1 is 1.06 bits per heavy atom. The average Bonchev–Trinajstić information content (AvgIpc) is 3.71. The molecule has 0 bridgehead atoms. The minimum absolute atomic E-state index is 0.0323. The first-order valence-corrected chi connectivity index (χ1v) is 18.9. The summed E-state index contributed by atoms with van der Waals surface area (Å²) in [7, 11) is 0. The van der Waals surface area contributed by atoms with Gasteiger partial charge in [0.25, 0.3) is 5.91 Å². The fourth-order valence-corrected chi connectivity index (χ4v) is 8.39. The van der Waals surface area contributed by atoms with Gasteiger partial charge in [0.2, 0.25) is 5.88 Å². The molecule has 5 aromatic rings. The van der Waals surface area contributed by atoms with Gasteiger partial charge in [0.1, 0.15) is 18.2 Å². The van der Waals surface area contributed by atoms with Gasteiger partial charge in [-0.2, -0.15) is 0 Å². The number of rotatable bonds is 10. The monoisotopic (exact) mass is 716 g/mol. The molecule has 6 heterocycles. The number of nitrogens with one attached hydrogen (secondary N) is 3. The van der Waals surface area contributed by atoms with Gasteiger partial charge in [-0.1, -0.05) is 30.3 Å². The van der Waals surface area contributed by atoms with Gasteiger partial charge in [-0.3, -0.25) is 25.5 Å². The number of aromatic nitrogens is 4. The van der Waals surface area contributed by atoms with Crippen LogP contribution in [0.1, 0.15) is 66.5 Å². The lowest BCUT2D eigenvalue weighted by Crippen LogP contribution is -2.44. The molecule has 0 radical (unpaired) electrons. The van der Waals surface area contributed by atoms with Crippen LogP contribution in [0.2, 0.25) is 0 Å². The van der Waals surface area contributed by atoms with E-state index in [9.17, 15) is 9.18 Å². The van der Waals surface area contributed by atoms with Gasteiger partial charge in [0.05, 0.1) is 47.6 Å². The summed E-state index contributed by atoms with van der Waals surface area (Å²) in [5.41, 5.74) is 12.5. The summed E-state index contributed by atoms with van der Waals surface area (Å²) < 4.78 is 28.8. The van der Waals surface area contributed by atoms with Gasteiger partial charge in [-0.15, -0.1) is 0 Å². The van der Waals surface area contributed by atoms with E-state index in [4.69, 9.17) is 19.4 Å². The smallest absolute Gasteiger partial charge is 0.251 e. The molecule has 0 spiro atoms. The maximum absolute atomic E-state index is 14.7. The molecule has 2 aromatic carbocycles. The van der Waals surface area contributed by atoms with Crippen LogP contribution in [-0.2, 0) is 24.4 Å². The van der Waals surface area contributed by atoms with Gasteiger partial charge in [-0.05, 0) is 80.9 Å². The summed E-state index contributed by atoms with van der Waals surface area (Å²) in [6.45, 7) is 6.08. The minimum Gasteiger partial charge on any atom is -0.473 e. The van der Waals surface area contributed by atoms with Crippen molar-refractivity contribution in [3.63, 3.8) is 0 Å². The maximum atomic E-state index is 14.7.